The maximum absolute atomic E-state index is 8.56. The minimum absolute atomic E-state index is 0.295. The van der Waals surface area contributed by atoms with E-state index >= 15 is 0 Å². The van der Waals surface area contributed by atoms with Gasteiger partial charge in [0, 0.05) is 0 Å². The summed E-state index contributed by atoms with van der Waals surface area (Å²) in [4.78, 5) is 8.56. The number of rotatable bonds is 4. The Morgan fingerprint density at radius 2 is 1.00 bits per heavy atom. The van der Waals surface area contributed by atoms with Crippen molar-refractivity contribution >= 4 is 13.4 Å². The van der Waals surface area contributed by atoms with Gasteiger partial charge >= 0.3 is 6.16 Å². The Morgan fingerprint density at radius 1 is 0.846 bits per heavy atom. The third-order valence-corrected chi connectivity index (χ3v) is 3.60. The molecule has 7 nitrogen and oxygen atoms in total. The van der Waals surface area contributed by atoms with Crippen molar-refractivity contribution in [2.24, 2.45) is 0 Å². The third kappa shape index (κ3) is 7.89. The average Bonchev–Trinajstić information content (AvgIpc) is 2.09. The molecule has 0 aromatic carbocycles. The van der Waals surface area contributed by atoms with E-state index in [1.165, 1.54) is 0 Å². The van der Waals surface area contributed by atoms with E-state index in [0.717, 1.165) is 0 Å². The Hall–Kier alpha value is -0.460. The SMILES string of the molecule is O=C(O)O.OC[P+](CO)(CO)CO. The molecule has 0 radical (unpaired) electrons. The summed E-state index contributed by atoms with van der Waals surface area (Å²) in [5.41, 5.74) is 0. The van der Waals surface area contributed by atoms with Gasteiger partial charge in [0.25, 0.3) is 0 Å². The van der Waals surface area contributed by atoms with E-state index in [0.29, 0.717) is 0 Å². The molecule has 0 saturated carbocycles. The first kappa shape index (κ1) is 15.0. The van der Waals surface area contributed by atoms with Crippen molar-refractivity contribution < 1.29 is 35.4 Å². The molecule has 13 heavy (non-hydrogen) atoms. The Morgan fingerprint density at radius 3 is 1.00 bits per heavy atom. The lowest BCUT2D eigenvalue weighted by Gasteiger charge is -2.15. The molecule has 80 valence electrons. The lowest BCUT2D eigenvalue weighted by atomic mass is 11.5. The molecule has 0 rings (SSSR count). The molecule has 0 spiro atoms. The van der Waals surface area contributed by atoms with Crippen LogP contribution in [0, 0.1) is 0 Å². The first-order valence-corrected chi connectivity index (χ1v) is 5.71. The van der Waals surface area contributed by atoms with Gasteiger partial charge in [-0.2, -0.15) is 0 Å². The summed E-state index contributed by atoms with van der Waals surface area (Å²) < 4.78 is 0. The maximum Gasteiger partial charge on any atom is 0.503 e. The van der Waals surface area contributed by atoms with Crippen molar-refractivity contribution in [3.05, 3.63) is 0 Å². The van der Waals surface area contributed by atoms with Gasteiger partial charge in [0.1, 0.15) is 7.26 Å². The summed E-state index contributed by atoms with van der Waals surface area (Å²) in [7, 11) is -2.20. The Kier molecular flexibility index (Phi) is 9.43. The van der Waals surface area contributed by atoms with Gasteiger partial charge in [0.15, 0.2) is 25.4 Å². The van der Waals surface area contributed by atoms with Crippen LogP contribution in [0.25, 0.3) is 0 Å². The molecule has 0 heterocycles. The molecule has 8 heteroatoms. The fourth-order valence-electron chi connectivity index (χ4n) is 0.268. The van der Waals surface area contributed by atoms with Gasteiger partial charge < -0.3 is 30.6 Å². The number of hydrogen-bond donors (Lipinski definition) is 6. The van der Waals surface area contributed by atoms with Crippen LogP contribution in [0.15, 0.2) is 0 Å². The lowest BCUT2D eigenvalue weighted by Crippen LogP contribution is -2.10. The van der Waals surface area contributed by atoms with Crippen molar-refractivity contribution in [3.63, 3.8) is 0 Å². The summed E-state index contributed by atoms with van der Waals surface area (Å²) in [5.74, 6) is 0. The molecule has 0 unspecified atom stereocenters. The largest absolute Gasteiger partial charge is 0.503 e. The number of carboxylic acid groups (broad SMARTS) is 2. The van der Waals surface area contributed by atoms with E-state index in [9.17, 15) is 0 Å². The molecule has 0 aromatic heterocycles. The molecule has 0 bridgehead atoms. The van der Waals surface area contributed by atoms with Gasteiger partial charge in [-0.15, -0.1) is 0 Å². The van der Waals surface area contributed by atoms with E-state index < -0.39 is 13.4 Å². The van der Waals surface area contributed by atoms with Crippen LogP contribution in [0.5, 0.6) is 0 Å². The van der Waals surface area contributed by atoms with E-state index in [4.69, 9.17) is 35.4 Å². The Labute approximate surface area is 75.2 Å². The van der Waals surface area contributed by atoms with Crippen LogP contribution in [0.4, 0.5) is 4.79 Å². The number of aliphatic hydroxyl groups excluding tert-OH is 4. The van der Waals surface area contributed by atoms with Gasteiger partial charge in [0.05, 0.1) is 0 Å². The molecule has 0 saturated heterocycles. The fourth-order valence-corrected chi connectivity index (χ4v) is 0.805. The van der Waals surface area contributed by atoms with Crippen LogP contribution >= 0.6 is 7.26 Å². The Balaban J connectivity index is 0. The zero-order valence-corrected chi connectivity index (χ0v) is 7.76. The summed E-state index contributed by atoms with van der Waals surface area (Å²) in [6.45, 7) is 0. The molecule has 0 aliphatic carbocycles. The van der Waals surface area contributed by atoms with Gasteiger partial charge in [-0.05, 0) is 0 Å². The standard InChI is InChI=1S/C4H12O4P.CH2O3/c5-1-9(2-6,3-7)4-8;2-1(3)4/h5-8H,1-4H2;(H2,2,3,4)/q+1;. The second-order valence-corrected chi connectivity index (χ2v) is 6.00. The summed E-state index contributed by atoms with van der Waals surface area (Å²) in [5, 5.41) is 48.1. The minimum Gasteiger partial charge on any atom is -0.450 e. The smallest absolute Gasteiger partial charge is 0.450 e. The van der Waals surface area contributed by atoms with E-state index in [1.54, 1.807) is 0 Å². The van der Waals surface area contributed by atoms with Gasteiger partial charge in [0.2, 0.25) is 0 Å². The Bertz CT molecular complexity index is 113. The number of carbonyl (C=O) groups is 1. The van der Waals surface area contributed by atoms with Gasteiger partial charge in [-0.3, -0.25) is 0 Å². The monoisotopic (exact) mass is 217 g/mol. The molecular formula is C5H14O7P+. The number of hydrogen-bond acceptors (Lipinski definition) is 5. The van der Waals surface area contributed by atoms with Crippen molar-refractivity contribution in [2.45, 2.75) is 0 Å². The molecule has 0 aliphatic heterocycles. The first-order chi connectivity index (χ1) is 5.97. The number of aliphatic hydroxyl groups is 4. The van der Waals surface area contributed by atoms with Crippen LogP contribution in [0.2, 0.25) is 0 Å². The van der Waals surface area contributed by atoms with Crippen molar-refractivity contribution in [2.75, 3.05) is 25.4 Å². The molecule has 6 N–H and O–H groups in total. The average molecular weight is 217 g/mol. The highest BCUT2D eigenvalue weighted by Gasteiger charge is 2.34. The highest BCUT2D eigenvalue weighted by Crippen LogP contribution is 2.54. The molecular weight excluding hydrogens is 203 g/mol. The van der Waals surface area contributed by atoms with Crippen molar-refractivity contribution in [3.8, 4) is 0 Å². The molecule has 0 aromatic rings. The molecule has 0 aliphatic rings. The summed E-state index contributed by atoms with van der Waals surface area (Å²) in [6, 6.07) is 0. The van der Waals surface area contributed by atoms with Crippen LogP contribution in [-0.4, -0.2) is 62.2 Å². The third-order valence-electron chi connectivity index (χ3n) is 1.20. The quantitative estimate of drug-likeness (QED) is 0.333. The van der Waals surface area contributed by atoms with Gasteiger partial charge in [-0.1, -0.05) is 0 Å². The highest BCUT2D eigenvalue weighted by molar-refractivity contribution is 7.75. The van der Waals surface area contributed by atoms with Crippen LogP contribution < -0.4 is 0 Å². The second-order valence-electron chi connectivity index (χ2n) is 2.19. The molecule has 0 fully saturated rings. The second kappa shape index (κ2) is 8.15. The minimum atomic E-state index is -2.20. The topological polar surface area (TPSA) is 138 Å². The maximum atomic E-state index is 8.56. The fraction of sp³-hybridized carbons (Fsp3) is 0.800. The predicted molar refractivity (Wildman–Crippen MR) is 45.9 cm³/mol. The van der Waals surface area contributed by atoms with E-state index in [-0.39, 0.29) is 25.4 Å². The van der Waals surface area contributed by atoms with Crippen molar-refractivity contribution in [1.29, 1.82) is 0 Å². The lowest BCUT2D eigenvalue weighted by molar-refractivity contribution is 0.137. The summed E-state index contributed by atoms with van der Waals surface area (Å²) >= 11 is 0. The van der Waals surface area contributed by atoms with Crippen LogP contribution in [0.3, 0.4) is 0 Å². The van der Waals surface area contributed by atoms with E-state index in [2.05, 4.69) is 0 Å². The highest BCUT2D eigenvalue weighted by atomic mass is 31.2. The normalized spacial score (nSPS) is 10.2. The van der Waals surface area contributed by atoms with Crippen LogP contribution in [0.1, 0.15) is 0 Å². The molecule has 0 amide bonds. The van der Waals surface area contributed by atoms with Crippen LogP contribution in [-0.2, 0) is 0 Å². The van der Waals surface area contributed by atoms with Crippen molar-refractivity contribution in [1.82, 2.24) is 0 Å². The van der Waals surface area contributed by atoms with E-state index in [1.807, 2.05) is 0 Å². The summed E-state index contributed by atoms with van der Waals surface area (Å²) in [6.07, 6.45) is -3.01. The zero-order chi connectivity index (χ0) is 10.9. The zero-order valence-electron chi connectivity index (χ0n) is 6.87. The first-order valence-electron chi connectivity index (χ1n) is 3.18. The predicted octanol–water partition coefficient (Wildman–Crippen LogP) is -0.974. The molecule has 0 atom stereocenters. The van der Waals surface area contributed by atoms with Gasteiger partial charge in [-0.25, -0.2) is 4.79 Å².